The van der Waals surface area contributed by atoms with Gasteiger partial charge < -0.3 is 31.0 Å². The summed E-state index contributed by atoms with van der Waals surface area (Å²) in [6.07, 6.45) is 3.27. The van der Waals surface area contributed by atoms with Crippen molar-refractivity contribution >= 4 is 36.3 Å². The van der Waals surface area contributed by atoms with Gasteiger partial charge in [0.05, 0.1) is 39.6 Å². The number of carboxylic acids is 2. The van der Waals surface area contributed by atoms with Crippen molar-refractivity contribution in [3.05, 3.63) is 25.3 Å². The zero-order valence-corrected chi connectivity index (χ0v) is 18.1. The minimum Gasteiger partial charge on any atom is -1.00 e. The molecule has 0 aromatic carbocycles. The number of aliphatic hydroxyl groups is 1. The van der Waals surface area contributed by atoms with Gasteiger partial charge in [-0.15, -0.1) is 13.2 Å². The van der Waals surface area contributed by atoms with E-state index in [-0.39, 0.29) is 57.9 Å². The molecule has 3 N–H and O–H groups in total. The first kappa shape index (κ1) is 35.8. The fourth-order valence-corrected chi connectivity index (χ4v) is 0.675. The Labute approximate surface area is 182 Å². The van der Waals surface area contributed by atoms with Crippen LogP contribution in [-0.4, -0.2) is 87.2 Å². The standard InChI is InChI=1S/C7H12O4.C5H10O2.C2H3BrO2.B.Na.H/c1-2-3-10-4-5-11-6-7(8)9;1-2-4-7-5-3-6;3-1-2(4)5;;;/h2H,1,3-6H2,(H,8,9);2,6H,1,3-5H2;1H2,(H,4,5);;;/q;;;;+1;-1. The molecule has 0 aliphatic heterocycles. The molecule has 0 aromatic rings. The minimum absolute atomic E-state index is 0. The molecule has 0 aromatic heterocycles. The second-order valence-electron chi connectivity index (χ2n) is 3.42. The van der Waals surface area contributed by atoms with Crippen LogP contribution >= 0.6 is 15.9 Å². The van der Waals surface area contributed by atoms with E-state index in [1.807, 2.05) is 0 Å². The number of aliphatic hydroxyl groups excluding tert-OH is 1. The maximum absolute atomic E-state index is 9.91. The van der Waals surface area contributed by atoms with E-state index in [4.69, 9.17) is 24.8 Å². The number of hydrogen-bond donors (Lipinski definition) is 3. The normalized spacial score (nSPS) is 8.08. The molecule has 0 saturated carbocycles. The predicted octanol–water partition coefficient (Wildman–Crippen LogP) is -2.33. The van der Waals surface area contributed by atoms with Crippen LogP contribution in [0.5, 0.6) is 0 Å². The van der Waals surface area contributed by atoms with E-state index in [1.165, 1.54) is 0 Å². The van der Waals surface area contributed by atoms with Crippen LogP contribution in [0, 0.1) is 0 Å². The van der Waals surface area contributed by atoms with Gasteiger partial charge in [0, 0.05) is 8.41 Å². The van der Waals surface area contributed by atoms with Gasteiger partial charge in [0.1, 0.15) is 11.9 Å². The average molecular weight is 436 g/mol. The Morgan fingerprint density at radius 1 is 0.960 bits per heavy atom. The van der Waals surface area contributed by atoms with Gasteiger partial charge in [-0.05, 0) is 0 Å². The summed E-state index contributed by atoms with van der Waals surface area (Å²) in [6, 6.07) is 0. The molecule has 0 amide bonds. The smallest absolute Gasteiger partial charge is 1.00 e. The van der Waals surface area contributed by atoms with E-state index in [0.29, 0.717) is 33.0 Å². The fraction of sp³-hybridized carbons (Fsp3) is 0.571. The summed E-state index contributed by atoms with van der Waals surface area (Å²) >= 11 is 2.71. The molecule has 11 heteroatoms. The summed E-state index contributed by atoms with van der Waals surface area (Å²) in [5, 5.41) is 24.0. The molecule has 0 aliphatic carbocycles. The number of alkyl halides is 1. The molecule has 0 heterocycles. The van der Waals surface area contributed by atoms with Crippen molar-refractivity contribution in [1.29, 1.82) is 0 Å². The van der Waals surface area contributed by atoms with Gasteiger partial charge in [0.25, 0.3) is 0 Å². The third-order valence-electron chi connectivity index (χ3n) is 1.42. The van der Waals surface area contributed by atoms with Crippen LogP contribution in [0.1, 0.15) is 1.43 Å². The summed E-state index contributed by atoms with van der Waals surface area (Å²) in [5.41, 5.74) is 0. The van der Waals surface area contributed by atoms with Crippen LogP contribution in [0.3, 0.4) is 0 Å². The summed E-state index contributed by atoms with van der Waals surface area (Å²) in [7, 11) is 0. The number of aliphatic carboxylic acids is 2. The number of hydrogen-bond acceptors (Lipinski definition) is 6. The first-order chi connectivity index (χ1) is 11.0. The molecule has 141 valence electrons. The van der Waals surface area contributed by atoms with Gasteiger partial charge >= 0.3 is 41.5 Å². The zero-order chi connectivity index (χ0) is 18.3. The van der Waals surface area contributed by atoms with Crippen LogP contribution in [0.15, 0.2) is 25.3 Å². The van der Waals surface area contributed by atoms with Gasteiger partial charge in [0.15, 0.2) is 0 Å². The third-order valence-corrected chi connectivity index (χ3v) is 1.90. The molecule has 0 rings (SSSR count). The second-order valence-corrected chi connectivity index (χ2v) is 3.99. The molecule has 8 nitrogen and oxygen atoms in total. The van der Waals surface area contributed by atoms with Crippen molar-refractivity contribution in [2.24, 2.45) is 0 Å². The van der Waals surface area contributed by atoms with E-state index in [2.05, 4.69) is 33.8 Å². The van der Waals surface area contributed by atoms with Gasteiger partial charge in [-0.3, -0.25) is 4.79 Å². The number of ether oxygens (including phenoxy) is 3. The first-order valence-electron chi connectivity index (χ1n) is 6.51. The molecule has 0 fully saturated rings. The Balaban J connectivity index is -0.0000000586. The second kappa shape index (κ2) is 35.0. The van der Waals surface area contributed by atoms with Crippen LogP contribution in [-0.2, 0) is 23.8 Å². The maximum atomic E-state index is 9.91. The van der Waals surface area contributed by atoms with E-state index in [9.17, 15) is 9.59 Å². The Kier molecular flexibility index (Phi) is 50.2. The van der Waals surface area contributed by atoms with Crippen LogP contribution < -0.4 is 29.6 Å². The molecule has 0 saturated heterocycles. The first-order valence-corrected chi connectivity index (χ1v) is 7.63. The fourth-order valence-electron chi connectivity index (χ4n) is 0.675. The summed E-state index contributed by atoms with van der Waals surface area (Å²) in [4.78, 5) is 19.2. The van der Waals surface area contributed by atoms with Crippen molar-refractivity contribution in [1.82, 2.24) is 0 Å². The molecule has 0 unspecified atom stereocenters. The summed E-state index contributed by atoms with van der Waals surface area (Å²) in [5.74, 6) is -1.79. The topological polar surface area (TPSA) is 123 Å². The monoisotopic (exact) mass is 435 g/mol. The molecule has 25 heavy (non-hydrogen) atoms. The van der Waals surface area contributed by atoms with E-state index < -0.39 is 11.9 Å². The van der Waals surface area contributed by atoms with Crippen molar-refractivity contribution in [3.8, 4) is 0 Å². The predicted molar refractivity (Wildman–Crippen MR) is 95.9 cm³/mol. The van der Waals surface area contributed by atoms with Crippen LogP contribution in [0.25, 0.3) is 0 Å². The Bertz CT molecular complexity index is 315. The largest absolute Gasteiger partial charge is 1.00 e. The maximum Gasteiger partial charge on any atom is 1.00 e. The van der Waals surface area contributed by atoms with Crippen molar-refractivity contribution < 1.29 is 70.1 Å². The van der Waals surface area contributed by atoms with Crippen LogP contribution in [0.2, 0.25) is 0 Å². The van der Waals surface area contributed by atoms with E-state index in [1.54, 1.807) is 12.2 Å². The van der Waals surface area contributed by atoms with Gasteiger partial charge in [-0.25, -0.2) is 4.79 Å². The number of carboxylic acid groups (broad SMARTS) is 2. The molecule has 0 aliphatic rings. The van der Waals surface area contributed by atoms with Gasteiger partial charge in [-0.1, -0.05) is 28.1 Å². The van der Waals surface area contributed by atoms with Crippen molar-refractivity contribution in [3.63, 3.8) is 0 Å². The molecular formula is C14H26BBrNaO8. The molecule has 0 spiro atoms. The summed E-state index contributed by atoms with van der Waals surface area (Å²) < 4.78 is 14.4. The van der Waals surface area contributed by atoms with E-state index in [0.717, 1.165) is 0 Å². The van der Waals surface area contributed by atoms with Crippen LogP contribution in [0.4, 0.5) is 0 Å². The summed E-state index contributed by atoms with van der Waals surface area (Å²) in [6.45, 7) is 8.81. The van der Waals surface area contributed by atoms with Crippen molar-refractivity contribution in [2.75, 3.05) is 51.6 Å². The minimum atomic E-state index is -0.964. The number of halogens is 1. The molecule has 0 atom stereocenters. The van der Waals surface area contributed by atoms with Gasteiger partial charge in [0.2, 0.25) is 0 Å². The molecular weight excluding hydrogens is 410 g/mol. The van der Waals surface area contributed by atoms with E-state index >= 15 is 0 Å². The van der Waals surface area contributed by atoms with Crippen molar-refractivity contribution in [2.45, 2.75) is 0 Å². The SMILES string of the molecule is C=CCOCCO.C=CCOCCOCC(=O)O.O=C(O)CBr.[B].[H-].[Na+]. The number of rotatable bonds is 12. The Hall–Kier alpha value is -0.195. The van der Waals surface area contributed by atoms with Gasteiger partial charge in [-0.2, -0.15) is 0 Å². The quantitative estimate of drug-likeness (QED) is 0.135. The Morgan fingerprint density at radius 2 is 1.36 bits per heavy atom. The molecule has 0 bridgehead atoms. The average Bonchev–Trinajstić information content (AvgIpc) is 2.52. The zero-order valence-electron chi connectivity index (χ0n) is 15.6. The third kappa shape index (κ3) is 59.4. The number of carbonyl (C=O) groups is 2. The molecule has 3 radical (unpaired) electrons. The Morgan fingerprint density at radius 3 is 1.68 bits per heavy atom.